The van der Waals surface area contributed by atoms with Crippen molar-refractivity contribution in [3.05, 3.63) is 58.3 Å². The SMILES string of the molecule is COc1ccc(-c2cc3c(cc2F)c(=O)c(C(=O)O)cn3C(C)(C)C)cn1. The van der Waals surface area contributed by atoms with Gasteiger partial charge in [0.15, 0.2) is 0 Å². The van der Waals surface area contributed by atoms with E-state index in [1.807, 2.05) is 20.8 Å². The van der Waals surface area contributed by atoms with Crippen LogP contribution in [0.25, 0.3) is 22.0 Å². The molecular weight excluding hydrogens is 351 g/mol. The maximum absolute atomic E-state index is 14.8. The second kappa shape index (κ2) is 6.50. The van der Waals surface area contributed by atoms with Crippen LogP contribution in [0.1, 0.15) is 31.1 Å². The molecule has 2 aromatic heterocycles. The molecule has 27 heavy (non-hydrogen) atoms. The molecule has 1 aromatic carbocycles. The maximum atomic E-state index is 14.8. The molecule has 0 bridgehead atoms. The van der Waals surface area contributed by atoms with E-state index in [9.17, 15) is 19.1 Å². The summed E-state index contributed by atoms with van der Waals surface area (Å²) in [5, 5.41) is 9.36. The number of pyridine rings is 2. The van der Waals surface area contributed by atoms with Gasteiger partial charge in [-0.1, -0.05) is 0 Å². The number of carbonyl (C=O) groups is 1. The van der Waals surface area contributed by atoms with Crippen molar-refractivity contribution < 1.29 is 19.0 Å². The van der Waals surface area contributed by atoms with Crippen molar-refractivity contribution in [3.8, 4) is 17.0 Å². The lowest BCUT2D eigenvalue weighted by Crippen LogP contribution is -2.27. The summed E-state index contributed by atoms with van der Waals surface area (Å²) in [6, 6.07) is 5.92. The summed E-state index contributed by atoms with van der Waals surface area (Å²) in [6.45, 7) is 5.63. The molecule has 3 rings (SSSR count). The van der Waals surface area contributed by atoms with E-state index in [1.54, 1.807) is 22.8 Å². The summed E-state index contributed by atoms with van der Waals surface area (Å²) in [5.74, 6) is -1.57. The van der Waals surface area contributed by atoms with Crippen LogP contribution in [0.2, 0.25) is 0 Å². The molecule has 2 heterocycles. The molecule has 0 unspecified atom stereocenters. The second-order valence-electron chi connectivity index (χ2n) is 7.16. The molecule has 7 heteroatoms. The Morgan fingerprint density at radius 1 is 1.26 bits per heavy atom. The van der Waals surface area contributed by atoms with E-state index in [2.05, 4.69) is 4.98 Å². The van der Waals surface area contributed by atoms with Crippen molar-refractivity contribution in [1.82, 2.24) is 9.55 Å². The molecule has 0 spiro atoms. The van der Waals surface area contributed by atoms with Gasteiger partial charge in [-0.3, -0.25) is 4.79 Å². The van der Waals surface area contributed by atoms with Crippen LogP contribution >= 0.6 is 0 Å². The molecule has 0 saturated heterocycles. The van der Waals surface area contributed by atoms with Gasteiger partial charge in [0, 0.05) is 40.5 Å². The van der Waals surface area contributed by atoms with Crippen molar-refractivity contribution in [2.24, 2.45) is 0 Å². The molecule has 0 amide bonds. The van der Waals surface area contributed by atoms with Crippen molar-refractivity contribution >= 4 is 16.9 Å². The average Bonchev–Trinajstić information content (AvgIpc) is 2.61. The Kier molecular flexibility index (Phi) is 4.47. The molecule has 0 aliphatic rings. The zero-order valence-corrected chi connectivity index (χ0v) is 15.4. The molecule has 140 valence electrons. The first kappa shape index (κ1) is 18.6. The number of methoxy groups -OCH3 is 1. The normalized spacial score (nSPS) is 11.6. The minimum atomic E-state index is -1.34. The van der Waals surface area contributed by atoms with E-state index in [-0.39, 0.29) is 10.9 Å². The Hall–Kier alpha value is -3.22. The minimum Gasteiger partial charge on any atom is -0.481 e. The molecule has 3 aromatic rings. The molecule has 0 radical (unpaired) electrons. The number of benzene rings is 1. The molecule has 0 atom stereocenters. The van der Waals surface area contributed by atoms with Crippen LogP contribution in [0.5, 0.6) is 5.88 Å². The first-order chi connectivity index (χ1) is 12.6. The van der Waals surface area contributed by atoms with Crippen LogP contribution in [-0.2, 0) is 5.54 Å². The number of aromatic carboxylic acids is 1. The van der Waals surface area contributed by atoms with E-state index in [1.165, 1.54) is 19.5 Å². The van der Waals surface area contributed by atoms with Gasteiger partial charge in [0.1, 0.15) is 11.4 Å². The number of nitrogens with zero attached hydrogens (tertiary/aromatic N) is 2. The highest BCUT2D eigenvalue weighted by atomic mass is 19.1. The highest BCUT2D eigenvalue weighted by Crippen LogP contribution is 2.30. The molecular formula is C20H19FN2O4. The van der Waals surface area contributed by atoms with Crippen LogP contribution in [0.3, 0.4) is 0 Å². The molecule has 0 saturated carbocycles. The summed E-state index contributed by atoms with van der Waals surface area (Å²) in [7, 11) is 1.49. The third-order valence-corrected chi connectivity index (χ3v) is 4.30. The van der Waals surface area contributed by atoms with Gasteiger partial charge in [0.25, 0.3) is 0 Å². The highest BCUT2D eigenvalue weighted by Gasteiger charge is 2.22. The van der Waals surface area contributed by atoms with Gasteiger partial charge in [-0.2, -0.15) is 0 Å². The number of rotatable bonds is 3. The Bertz CT molecular complexity index is 1100. The predicted molar refractivity (Wildman–Crippen MR) is 99.9 cm³/mol. The van der Waals surface area contributed by atoms with Crippen molar-refractivity contribution in [2.45, 2.75) is 26.3 Å². The van der Waals surface area contributed by atoms with E-state index in [0.717, 1.165) is 6.07 Å². The quantitative estimate of drug-likeness (QED) is 0.761. The van der Waals surface area contributed by atoms with Crippen molar-refractivity contribution in [1.29, 1.82) is 0 Å². The summed E-state index contributed by atoms with van der Waals surface area (Å²) in [5.41, 5.74) is -0.399. The number of ether oxygens (including phenoxy) is 1. The van der Waals surface area contributed by atoms with Crippen LogP contribution in [0, 0.1) is 5.82 Å². The van der Waals surface area contributed by atoms with Gasteiger partial charge in [0.2, 0.25) is 11.3 Å². The summed E-state index contributed by atoms with van der Waals surface area (Å²) in [4.78, 5) is 28.1. The zero-order valence-electron chi connectivity index (χ0n) is 15.4. The van der Waals surface area contributed by atoms with Crippen molar-refractivity contribution in [3.63, 3.8) is 0 Å². The van der Waals surface area contributed by atoms with Crippen LogP contribution in [-0.4, -0.2) is 27.7 Å². The Balaban J connectivity index is 2.37. The van der Waals surface area contributed by atoms with Gasteiger partial charge < -0.3 is 14.4 Å². The first-order valence-corrected chi connectivity index (χ1v) is 8.26. The fraction of sp³-hybridized carbons (Fsp3) is 0.250. The van der Waals surface area contributed by atoms with Crippen LogP contribution < -0.4 is 10.2 Å². The standard InChI is InChI=1S/C20H19FN2O4/c1-20(2,3)23-10-14(19(25)26)18(24)13-7-15(21)12(8-16(13)23)11-5-6-17(27-4)22-9-11/h5-10H,1-4H3,(H,25,26). The fourth-order valence-electron chi connectivity index (χ4n) is 2.93. The van der Waals surface area contributed by atoms with Crippen LogP contribution in [0.4, 0.5) is 4.39 Å². The molecule has 0 aliphatic heterocycles. The van der Waals surface area contributed by atoms with Gasteiger partial charge >= 0.3 is 5.97 Å². The number of fused-ring (bicyclic) bond motifs is 1. The van der Waals surface area contributed by atoms with E-state index in [0.29, 0.717) is 17.0 Å². The zero-order chi connectivity index (χ0) is 19.9. The summed E-state index contributed by atoms with van der Waals surface area (Å²) >= 11 is 0. The van der Waals surface area contributed by atoms with Gasteiger partial charge in [-0.15, -0.1) is 0 Å². The summed E-state index contributed by atoms with van der Waals surface area (Å²) in [6.07, 6.45) is 2.79. The molecule has 0 fully saturated rings. The lowest BCUT2D eigenvalue weighted by atomic mass is 10.00. The Morgan fingerprint density at radius 2 is 1.96 bits per heavy atom. The number of aromatic nitrogens is 2. The number of hydrogen-bond donors (Lipinski definition) is 1. The summed E-state index contributed by atoms with van der Waals surface area (Å²) < 4.78 is 21.5. The van der Waals surface area contributed by atoms with Gasteiger partial charge in [-0.25, -0.2) is 14.2 Å². The van der Waals surface area contributed by atoms with Gasteiger partial charge in [-0.05, 0) is 39.0 Å². The Labute approximate surface area is 154 Å². The monoisotopic (exact) mass is 370 g/mol. The lowest BCUT2D eigenvalue weighted by molar-refractivity contribution is 0.0694. The second-order valence-corrected chi connectivity index (χ2v) is 7.16. The third kappa shape index (κ3) is 3.28. The van der Waals surface area contributed by atoms with Crippen LogP contribution in [0.15, 0.2) is 41.5 Å². The topological polar surface area (TPSA) is 81.4 Å². The number of carboxylic acid groups (broad SMARTS) is 1. The third-order valence-electron chi connectivity index (χ3n) is 4.30. The highest BCUT2D eigenvalue weighted by molar-refractivity contribution is 5.94. The van der Waals surface area contributed by atoms with Crippen molar-refractivity contribution in [2.75, 3.05) is 7.11 Å². The maximum Gasteiger partial charge on any atom is 0.341 e. The average molecular weight is 370 g/mol. The first-order valence-electron chi connectivity index (χ1n) is 8.26. The Morgan fingerprint density at radius 3 is 2.48 bits per heavy atom. The molecule has 6 nitrogen and oxygen atoms in total. The number of halogens is 1. The van der Waals surface area contributed by atoms with Gasteiger partial charge in [0.05, 0.1) is 12.6 Å². The smallest absolute Gasteiger partial charge is 0.341 e. The lowest BCUT2D eigenvalue weighted by Gasteiger charge is -2.26. The van der Waals surface area contributed by atoms with E-state index < -0.39 is 28.3 Å². The predicted octanol–water partition coefficient (Wildman–Crippen LogP) is 3.66. The van der Waals surface area contributed by atoms with E-state index >= 15 is 0 Å². The minimum absolute atomic E-state index is 0.0209. The molecule has 1 N–H and O–H groups in total. The number of hydrogen-bond acceptors (Lipinski definition) is 4. The number of carboxylic acids is 1. The largest absolute Gasteiger partial charge is 0.481 e. The fourth-order valence-corrected chi connectivity index (χ4v) is 2.93. The molecule has 0 aliphatic carbocycles. The van der Waals surface area contributed by atoms with E-state index in [4.69, 9.17) is 4.74 Å².